The van der Waals surface area contributed by atoms with Crippen LogP contribution in [-0.2, 0) is 9.59 Å². The van der Waals surface area contributed by atoms with Gasteiger partial charge in [0.25, 0.3) is 5.91 Å². The highest BCUT2D eigenvalue weighted by molar-refractivity contribution is 5.99. The van der Waals surface area contributed by atoms with Gasteiger partial charge in [-0.2, -0.15) is 0 Å². The van der Waals surface area contributed by atoms with Gasteiger partial charge >= 0.3 is 11.6 Å². The first kappa shape index (κ1) is 21.9. The van der Waals surface area contributed by atoms with Crippen molar-refractivity contribution in [3.05, 3.63) is 40.2 Å². The number of fused-ring (bicyclic) bond motifs is 1. The third-order valence-corrected chi connectivity index (χ3v) is 4.30. The maximum absolute atomic E-state index is 12.8. The summed E-state index contributed by atoms with van der Waals surface area (Å²) >= 11 is 0. The van der Waals surface area contributed by atoms with E-state index in [2.05, 4.69) is 21.4 Å². The Morgan fingerprint density at radius 1 is 1.24 bits per heavy atom. The van der Waals surface area contributed by atoms with Crippen molar-refractivity contribution >= 4 is 34.4 Å². The van der Waals surface area contributed by atoms with Crippen molar-refractivity contribution in [2.75, 3.05) is 11.9 Å². The maximum atomic E-state index is 12.8. The van der Waals surface area contributed by atoms with Gasteiger partial charge in [0.15, 0.2) is 6.04 Å². The van der Waals surface area contributed by atoms with Crippen LogP contribution >= 0.6 is 0 Å². The molecule has 2 rings (SSSR count). The fourth-order valence-corrected chi connectivity index (χ4v) is 2.75. The molecule has 10 N–H and O–H groups in total. The molecule has 2 amide bonds. The van der Waals surface area contributed by atoms with Crippen LogP contribution in [0.3, 0.4) is 0 Å². The number of hydrogen-bond donors (Lipinski definition) is 6. The van der Waals surface area contributed by atoms with E-state index in [1.54, 1.807) is 25.1 Å². The Morgan fingerprint density at radius 2 is 1.97 bits per heavy atom. The van der Waals surface area contributed by atoms with Gasteiger partial charge in [-0.05, 0) is 44.4 Å². The van der Waals surface area contributed by atoms with Crippen LogP contribution in [0.2, 0.25) is 0 Å². The zero-order chi connectivity index (χ0) is 21.6. The molecule has 0 saturated heterocycles. The summed E-state index contributed by atoms with van der Waals surface area (Å²) in [6.07, 6.45) is 0.917. The summed E-state index contributed by atoms with van der Waals surface area (Å²) < 4.78 is 5.20. The zero-order valence-electron chi connectivity index (χ0n) is 16.6. The molecule has 1 heterocycles. The molecule has 0 spiro atoms. The van der Waals surface area contributed by atoms with Crippen molar-refractivity contribution in [2.45, 2.75) is 38.8 Å². The van der Waals surface area contributed by atoms with Crippen LogP contribution in [0.25, 0.3) is 11.0 Å². The predicted molar refractivity (Wildman–Crippen MR) is 109 cm³/mol. The minimum atomic E-state index is -0.771. The molecule has 156 valence electrons. The van der Waals surface area contributed by atoms with Gasteiger partial charge in [0, 0.05) is 23.2 Å². The van der Waals surface area contributed by atoms with Crippen molar-refractivity contribution in [3.63, 3.8) is 0 Å². The lowest BCUT2D eigenvalue weighted by atomic mass is 10.1. The molecule has 0 aliphatic rings. The van der Waals surface area contributed by atoms with Gasteiger partial charge in [-0.3, -0.25) is 26.0 Å². The van der Waals surface area contributed by atoms with Crippen molar-refractivity contribution < 1.29 is 24.7 Å². The first-order valence-electron chi connectivity index (χ1n) is 9.28. The number of guanidine groups is 1. The van der Waals surface area contributed by atoms with Crippen LogP contribution in [0.1, 0.15) is 25.3 Å². The molecule has 29 heavy (non-hydrogen) atoms. The molecule has 0 aliphatic carbocycles. The first-order chi connectivity index (χ1) is 13.7. The fraction of sp³-hybridized carbons (Fsp3) is 0.368. The Kier molecular flexibility index (Phi) is 7.32. The number of carbonyl (C=O) groups excluding carboxylic acids is 2. The van der Waals surface area contributed by atoms with Crippen LogP contribution in [0.5, 0.6) is 0 Å². The van der Waals surface area contributed by atoms with Gasteiger partial charge in [-0.15, -0.1) is 0 Å². The van der Waals surface area contributed by atoms with Crippen LogP contribution in [0.4, 0.5) is 5.69 Å². The number of quaternary nitrogens is 1. The highest BCUT2D eigenvalue weighted by Gasteiger charge is 2.23. The lowest BCUT2D eigenvalue weighted by Crippen LogP contribution is -2.78. The molecule has 10 heteroatoms. The SMILES string of the molecule is Cc1cc(=O)oc2cc(NC(=O)[C@H](CCC[NH+]=C(N)N)NC(=O)[C@H](C)[NH3+])ccc12. The summed E-state index contributed by atoms with van der Waals surface area (Å²) in [5.74, 6) is -0.629. The zero-order valence-corrected chi connectivity index (χ0v) is 16.6. The van der Waals surface area contributed by atoms with Gasteiger partial charge in [0.1, 0.15) is 11.6 Å². The van der Waals surface area contributed by atoms with Crippen molar-refractivity contribution in [1.29, 1.82) is 0 Å². The number of aryl methyl sites for hydroxylation is 1. The Labute approximate surface area is 167 Å². The Balaban J connectivity index is 2.16. The number of rotatable bonds is 8. The van der Waals surface area contributed by atoms with Gasteiger partial charge in [-0.25, -0.2) is 4.79 Å². The first-order valence-corrected chi connectivity index (χ1v) is 9.28. The number of benzene rings is 1. The molecule has 0 bridgehead atoms. The van der Waals surface area contributed by atoms with Crippen LogP contribution in [0, 0.1) is 6.92 Å². The minimum Gasteiger partial charge on any atom is -0.423 e. The topological polar surface area (TPSA) is 182 Å². The quantitative estimate of drug-likeness (QED) is 0.120. The van der Waals surface area contributed by atoms with E-state index in [-0.39, 0.29) is 11.9 Å². The molecule has 0 fully saturated rings. The lowest BCUT2D eigenvalue weighted by Gasteiger charge is -2.18. The third-order valence-electron chi connectivity index (χ3n) is 4.30. The van der Waals surface area contributed by atoms with Gasteiger partial charge in [0.2, 0.25) is 5.91 Å². The molecule has 1 aromatic heterocycles. The predicted octanol–water partition coefficient (Wildman–Crippen LogP) is -2.71. The molecule has 1 aromatic carbocycles. The summed E-state index contributed by atoms with van der Waals surface area (Å²) in [5, 5.41) is 6.23. The van der Waals surface area contributed by atoms with E-state index >= 15 is 0 Å². The van der Waals surface area contributed by atoms with Crippen molar-refractivity contribution in [1.82, 2.24) is 5.32 Å². The summed E-state index contributed by atoms with van der Waals surface area (Å²) in [4.78, 5) is 39.2. The molecule has 0 radical (unpaired) electrons. The van der Waals surface area contributed by atoms with Crippen molar-refractivity contribution in [3.8, 4) is 0 Å². The molecule has 0 saturated carbocycles. The maximum Gasteiger partial charge on any atom is 0.338 e. The fourth-order valence-electron chi connectivity index (χ4n) is 2.75. The number of hydrogen-bond acceptors (Lipinski definition) is 4. The molecular formula is C19H28N6O4+2. The summed E-state index contributed by atoms with van der Waals surface area (Å²) in [5.41, 5.74) is 15.5. The average Bonchev–Trinajstić information content (AvgIpc) is 2.63. The Hall–Kier alpha value is -3.40. The number of nitrogens with one attached hydrogen (secondary N) is 3. The van der Waals surface area contributed by atoms with Gasteiger partial charge in [0.05, 0.1) is 6.54 Å². The van der Waals surface area contributed by atoms with Gasteiger partial charge < -0.3 is 20.8 Å². The second-order valence-electron chi connectivity index (χ2n) is 6.94. The second-order valence-corrected chi connectivity index (χ2v) is 6.94. The van der Waals surface area contributed by atoms with E-state index in [4.69, 9.17) is 15.9 Å². The second kappa shape index (κ2) is 9.69. The van der Waals surface area contributed by atoms with E-state index < -0.39 is 23.6 Å². The lowest BCUT2D eigenvalue weighted by molar-refractivity contribution is -0.459. The molecule has 0 aliphatic heterocycles. The number of carbonyl (C=O) groups is 2. The Bertz CT molecular complexity index is 978. The summed E-state index contributed by atoms with van der Waals surface area (Å²) in [7, 11) is 0. The number of amides is 2. The summed E-state index contributed by atoms with van der Waals surface area (Å²) in [6, 6.07) is 5.18. The van der Waals surface area contributed by atoms with Crippen LogP contribution < -0.4 is 38.5 Å². The van der Waals surface area contributed by atoms with E-state index in [0.717, 1.165) is 10.9 Å². The minimum absolute atomic E-state index is 0.0920. The van der Waals surface area contributed by atoms with E-state index in [9.17, 15) is 14.4 Å². The summed E-state index contributed by atoms with van der Waals surface area (Å²) in [6.45, 7) is 3.91. The van der Waals surface area contributed by atoms with Gasteiger partial charge in [-0.1, -0.05) is 0 Å². The van der Waals surface area contributed by atoms with E-state index in [1.807, 2.05) is 6.92 Å². The molecule has 2 atom stereocenters. The third kappa shape index (κ3) is 6.32. The molecular weight excluding hydrogens is 376 g/mol. The number of anilines is 1. The molecule has 0 unspecified atom stereocenters. The standard InChI is InChI=1S/C19H26N6O4/c1-10-8-16(26)29-15-9-12(5-6-13(10)15)24-18(28)14(25-17(27)11(2)20)4-3-7-23-19(21)22/h5-6,8-9,11,14H,3-4,7,20H2,1-2H3,(H,24,28)(H,25,27)(H4,21,22,23)/p+2/t11-,14-/m0/s1. The van der Waals surface area contributed by atoms with E-state index in [0.29, 0.717) is 30.7 Å². The highest BCUT2D eigenvalue weighted by Crippen LogP contribution is 2.21. The van der Waals surface area contributed by atoms with E-state index in [1.165, 1.54) is 6.07 Å². The molecule has 2 aromatic rings. The van der Waals surface area contributed by atoms with Crippen LogP contribution in [0.15, 0.2) is 33.5 Å². The largest absolute Gasteiger partial charge is 0.423 e. The smallest absolute Gasteiger partial charge is 0.338 e. The molecule has 10 nitrogen and oxygen atoms in total. The van der Waals surface area contributed by atoms with Crippen molar-refractivity contribution in [2.24, 2.45) is 11.5 Å². The number of nitrogens with two attached hydrogens (primary N) is 2. The van der Waals surface area contributed by atoms with Crippen LogP contribution in [-0.4, -0.2) is 36.4 Å². The highest BCUT2D eigenvalue weighted by atomic mass is 16.4. The Morgan fingerprint density at radius 3 is 2.62 bits per heavy atom. The average molecular weight is 404 g/mol. The monoisotopic (exact) mass is 404 g/mol. The normalized spacial score (nSPS) is 12.8.